The zero-order valence-electron chi connectivity index (χ0n) is 25.3. The number of nitrogens with zero attached hydrogens (tertiary/aromatic N) is 1. The van der Waals surface area contributed by atoms with Crippen LogP contribution in [0.4, 0.5) is 0 Å². The van der Waals surface area contributed by atoms with E-state index in [2.05, 4.69) is 30.0 Å². The molecule has 0 saturated heterocycles. The predicted molar refractivity (Wildman–Crippen MR) is 153 cm³/mol. The highest BCUT2D eigenvalue weighted by atomic mass is 16.5. The molecule has 0 aliphatic heterocycles. The van der Waals surface area contributed by atoms with E-state index >= 15 is 0 Å². The number of aryl methyl sites for hydroxylation is 1. The molecule has 2 rings (SSSR count). The normalized spacial score (nSPS) is 12.4. The molecule has 2 aromatic rings. The van der Waals surface area contributed by atoms with Gasteiger partial charge in [-0.05, 0) is 56.0 Å². The molecule has 0 radical (unpaired) electrons. The molecule has 9 heteroatoms. The summed E-state index contributed by atoms with van der Waals surface area (Å²) in [7, 11) is 2.41. The van der Waals surface area contributed by atoms with Crippen molar-refractivity contribution in [3.05, 3.63) is 52.8 Å². The Balaban J connectivity index is 2.45. The van der Waals surface area contributed by atoms with E-state index in [4.69, 9.17) is 9.47 Å². The van der Waals surface area contributed by atoms with Crippen molar-refractivity contribution in [1.29, 1.82) is 0 Å². The summed E-state index contributed by atoms with van der Waals surface area (Å²) in [6.45, 7) is 14.3. The monoisotopic (exact) mass is 556 g/mol. The van der Waals surface area contributed by atoms with E-state index in [-0.39, 0.29) is 18.8 Å². The molecule has 1 heterocycles. The van der Waals surface area contributed by atoms with Crippen LogP contribution in [-0.4, -0.2) is 55.1 Å². The third kappa shape index (κ3) is 7.11. The lowest BCUT2D eigenvalue weighted by Gasteiger charge is -2.34. The van der Waals surface area contributed by atoms with Crippen molar-refractivity contribution in [3.63, 3.8) is 0 Å². The fraction of sp³-hybridized carbons (Fsp3) is 0.548. The first kappa shape index (κ1) is 32.6. The number of carbonyl (C=O) groups is 4. The first-order chi connectivity index (χ1) is 18.8. The number of benzene rings is 1. The standard InChI is InChI=1S/C31H44N2O7/c1-10-31(11-2,21-13-15-24(20(4)17-21)40-19-26(34)30(5,6)7)25-16-14-23(33(25)12-3)28(36)32-22(29(37)39-9)18-27(35)38-8/h13-17,22H,10-12,18-19H2,1-9H3,(H,32,36)/t22-/m0/s1. The van der Waals surface area contributed by atoms with E-state index in [1.54, 1.807) is 6.07 Å². The van der Waals surface area contributed by atoms with E-state index < -0.39 is 34.7 Å². The van der Waals surface area contributed by atoms with Gasteiger partial charge in [0.05, 0.1) is 20.6 Å². The van der Waals surface area contributed by atoms with Crippen LogP contribution in [-0.2, 0) is 35.8 Å². The predicted octanol–water partition coefficient (Wildman–Crippen LogP) is 4.75. The topological polar surface area (TPSA) is 113 Å². The third-order valence-electron chi connectivity index (χ3n) is 7.54. The minimum Gasteiger partial charge on any atom is -0.486 e. The van der Waals surface area contributed by atoms with Gasteiger partial charge in [0.25, 0.3) is 5.91 Å². The largest absolute Gasteiger partial charge is 0.486 e. The molecule has 0 aliphatic carbocycles. The Morgan fingerprint density at radius 3 is 2.10 bits per heavy atom. The number of ether oxygens (including phenoxy) is 3. The van der Waals surface area contributed by atoms with Crippen molar-refractivity contribution >= 4 is 23.6 Å². The summed E-state index contributed by atoms with van der Waals surface area (Å²) in [5.74, 6) is -1.17. The van der Waals surface area contributed by atoms with Crippen molar-refractivity contribution in [3.8, 4) is 5.75 Å². The maximum atomic E-state index is 13.3. The minimum atomic E-state index is -1.17. The number of esters is 2. The smallest absolute Gasteiger partial charge is 0.328 e. The van der Waals surface area contributed by atoms with Gasteiger partial charge in [-0.25, -0.2) is 4.79 Å². The van der Waals surface area contributed by atoms with Crippen LogP contribution in [0.2, 0.25) is 0 Å². The molecule has 9 nitrogen and oxygen atoms in total. The molecule has 1 aromatic heterocycles. The molecule has 0 unspecified atom stereocenters. The van der Waals surface area contributed by atoms with Gasteiger partial charge in [-0.1, -0.05) is 46.8 Å². The molecule has 40 heavy (non-hydrogen) atoms. The van der Waals surface area contributed by atoms with Crippen LogP contribution in [0, 0.1) is 12.3 Å². The average Bonchev–Trinajstić information content (AvgIpc) is 3.36. The van der Waals surface area contributed by atoms with Crippen molar-refractivity contribution in [1.82, 2.24) is 9.88 Å². The van der Waals surface area contributed by atoms with Gasteiger partial charge >= 0.3 is 11.9 Å². The molecule has 0 saturated carbocycles. The van der Waals surface area contributed by atoms with E-state index in [0.29, 0.717) is 18.0 Å². The molecule has 1 atom stereocenters. The summed E-state index contributed by atoms with van der Waals surface area (Å²) in [5.41, 5.74) is 2.44. The molecular weight excluding hydrogens is 512 g/mol. The second-order valence-electron chi connectivity index (χ2n) is 10.9. The molecule has 220 valence electrons. The molecule has 0 spiro atoms. The lowest BCUT2D eigenvalue weighted by atomic mass is 9.72. The average molecular weight is 557 g/mol. The first-order valence-corrected chi connectivity index (χ1v) is 13.7. The number of hydrogen-bond donors (Lipinski definition) is 1. The summed E-state index contributed by atoms with van der Waals surface area (Å²) in [4.78, 5) is 49.7. The summed E-state index contributed by atoms with van der Waals surface area (Å²) >= 11 is 0. The Hall–Kier alpha value is -3.62. The first-order valence-electron chi connectivity index (χ1n) is 13.7. The number of Topliss-reactive ketones (excluding diaryl/α,β-unsaturated/α-hetero) is 1. The van der Waals surface area contributed by atoms with Gasteiger partial charge in [-0.3, -0.25) is 14.4 Å². The van der Waals surface area contributed by atoms with Gasteiger partial charge in [0.2, 0.25) is 0 Å². The molecular formula is C31H44N2O7. The summed E-state index contributed by atoms with van der Waals surface area (Å²) in [6, 6.07) is 8.52. The number of hydrogen-bond acceptors (Lipinski definition) is 7. The van der Waals surface area contributed by atoms with E-state index in [9.17, 15) is 19.2 Å². The van der Waals surface area contributed by atoms with Crippen LogP contribution in [0.5, 0.6) is 5.75 Å². The second-order valence-corrected chi connectivity index (χ2v) is 10.9. The maximum absolute atomic E-state index is 13.3. The summed E-state index contributed by atoms with van der Waals surface area (Å²) in [6.07, 6.45) is 1.20. The van der Waals surface area contributed by atoms with Crippen molar-refractivity contribution in [2.45, 2.75) is 85.7 Å². The van der Waals surface area contributed by atoms with Gasteiger partial charge in [0.1, 0.15) is 24.1 Å². The van der Waals surface area contributed by atoms with Crippen LogP contribution >= 0.6 is 0 Å². The molecule has 0 fully saturated rings. The zero-order chi connectivity index (χ0) is 30.3. The highest BCUT2D eigenvalue weighted by Gasteiger charge is 2.36. The molecule has 1 aromatic carbocycles. The Kier molecular flexibility index (Phi) is 11.1. The number of rotatable bonds is 13. The summed E-state index contributed by atoms with van der Waals surface area (Å²) < 4.78 is 17.2. The van der Waals surface area contributed by atoms with Crippen molar-refractivity contribution in [2.24, 2.45) is 5.41 Å². The van der Waals surface area contributed by atoms with Crippen molar-refractivity contribution in [2.75, 3.05) is 20.8 Å². The third-order valence-corrected chi connectivity index (χ3v) is 7.54. The highest BCUT2D eigenvalue weighted by Crippen LogP contribution is 2.41. The number of aromatic nitrogens is 1. The second kappa shape index (κ2) is 13.6. The Morgan fingerprint density at radius 2 is 1.60 bits per heavy atom. The van der Waals surface area contributed by atoms with Crippen molar-refractivity contribution < 1.29 is 33.4 Å². The number of nitrogens with one attached hydrogen (secondary N) is 1. The fourth-order valence-corrected chi connectivity index (χ4v) is 4.88. The lowest BCUT2D eigenvalue weighted by Crippen LogP contribution is -2.44. The SMILES string of the molecule is CCn1c(C(=O)N[C@@H](CC(=O)OC)C(=O)OC)ccc1C(CC)(CC)c1ccc(OCC(=O)C(C)(C)C)c(C)c1. The van der Waals surface area contributed by atoms with Crippen LogP contribution in [0.25, 0.3) is 0 Å². The molecule has 1 N–H and O–H groups in total. The zero-order valence-corrected chi connectivity index (χ0v) is 25.3. The lowest BCUT2D eigenvalue weighted by molar-refractivity contribution is -0.149. The van der Waals surface area contributed by atoms with Crippen LogP contribution in [0.3, 0.4) is 0 Å². The van der Waals surface area contributed by atoms with Gasteiger partial charge < -0.3 is 24.1 Å². The van der Waals surface area contributed by atoms with E-state index in [1.807, 2.05) is 57.4 Å². The molecule has 0 bridgehead atoms. The number of carbonyl (C=O) groups excluding carboxylic acids is 4. The number of methoxy groups -OCH3 is 2. The fourth-order valence-electron chi connectivity index (χ4n) is 4.88. The maximum Gasteiger partial charge on any atom is 0.328 e. The van der Waals surface area contributed by atoms with E-state index in [1.165, 1.54) is 14.2 Å². The van der Waals surface area contributed by atoms with Crippen LogP contribution in [0.1, 0.15) is 88.1 Å². The van der Waals surface area contributed by atoms with Gasteiger partial charge in [-0.2, -0.15) is 0 Å². The van der Waals surface area contributed by atoms with Gasteiger partial charge in [0.15, 0.2) is 5.78 Å². The Morgan fingerprint density at radius 1 is 0.950 bits per heavy atom. The highest BCUT2D eigenvalue weighted by molar-refractivity contribution is 5.96. The minimum absolute atomic E-state index is 0.0100. The molecule has 1 amide bonds. The number of ketones is 1. The quantitative estimate of drug-likeness (QED) is 0.354. The summed E-state index contributed by atoms with van der Waals surface area (Å²) in [5, 5.41) is 2.64. The van der Waals surface area contributed by atoms with E-state index in [0.717, 1.165) is 29.7 Å². The van der Waals surface area contributed by atoms with Gasteiger partial charge in [-0.15, -0.1) is 0 Å². The van der Waals surface area contributed by atoms with Gasteiger partial charge in [0, 0.05) is 23.1 Å². The molecule has 0 aliphatic rings. The Bertz CT molecular complexity index is 1220. The van der Waals surface area contributed by atoms with Crippen LogP contribution < -0.4 is 10.1 Å². The Labute approximate surface area is 237 Å². The van der Waals surface area contributed by atoms with Crippen LogP contribution in [0.15, 0.2) is 30.3 Å². The number of amides is 1.